The fourth-order valence-electron chi connectivity index (χ4n) is 2.87. The van der Waals surface area contributed by atoms with Gasteiger partial charge in [-0.2, -0.15) is 5.26 Å². The Balaban J connectivity index is 1.92. The Morgan fingerprint density at radius 3 is 2.75 bits per heavy atom. The summed E-state index contributed by atoms with van der Waals surface area (Å²) in [7, 11) is 3.06. The summed E-state index contributed by atoms with van der Waals surface area (Å²) in [6.07, 6.45) is 0.621. The number of hydrogen-bond donors (Lipinski definition) is 0. The first kappa shape index (κ1) is 16.3. The zero-order valence-electron chi connectivity index (χ0n) is 13.7. The molecule has 1 amide bonds. The van der Waals surface area contributed by atoms with Crippen molar-refractivity contribution in [2.24, 2.45) is 0 Å². The minimum atomic E-state index is -0.658. The topological polar surface area (TPSA) is 75.5 Å². The number of nitriles is 1. The molecule has 0 spiro atoms. The Morgan fingerprint density at radius 2 is 2.17 bits per heavy atom. The maximum atomic E-state index is 12.8. The van der Waals surface area contributed by atoms with Crippen molar-refractivity contribution in [2.75, 3.05) is 20.8 Å². The smallest absolute Gasteiger partial charge is 0.255 e. The molecule has 0 bridgehead atoms. The Bertz CT molecular complexity index is 825. The number of thiazole rings is 1. The number of amides is 1. The van der Waals surface area contributed by atoms with Gasteiger partial charge in [-0.25, -0.2) is 4.98 Å². The van der Waals surface area contributed by atoms with Gasteiger partial charge in [0.15, 0.2) is 0 Å². The van der Waals surface area contributed by atoms with E-state index in [-0.39, 0.29) is 5.91 Å². The Labute approximate surface area is 144 Å². The molecule has 0 fully saturated rings. The molecule has 6 nitrogen and oxygen atoms in total. The number of carbonyl (C=O) groups excluding carboxylic acids is 1. The summed E-state index contributed by atoms with van der Waals surface area (Å²) in [5, 5.41) is 12.5. The number of benzene rings is 1. The zero-order chi connectivity index (χ0) is 17.3. The fraction of sp³-hybridized carbons (Fsp3) is 0.353. The fourth-order valence-corrected chi connectivity index (χ4v) is 3.64. The molecule has 1 aromatic heterocycles. The molecule has 0 saturated carbocycles. The lowest BCUT2D eigenvalue weighted by Gasteiger charge is -2.19. The highest BCUT2D eigenvalue weighted by Crippen LogP contribution is 2.41. The van der Waals surface area contributed by atoms with Crippen LogP contribution in [-0.2, 0) is 6.42 Å². The van der Waals surface area contributed by atoms with Crippen LogP contribution in [0.1, 0.15) is 32.7 Å². The average Bonchev–Trinajstić information content (AvgIpc) is 3.13. The van der Waals surface area contributed by atoms with Gasteiger partial charge in [0.25, 0.3) is 5.91 Å². The summed E-state index contributed by atoms with van der Waals surface area (Å²) in [4.78, 5) is 18.8. The minimum absolute atomic E-state index is 0.179. The van der Waals surface area contributed by atoms with Crippen LogP contribution in [0.25, 0.3) is 0 Å². The minimum Gasteiger partial charge on any atom is -0.497 e. The van der Waals surface area contributed by atoms with E-state index in [1.807, 2.05) is 12.3 Å². The van der Waals surface area contributed by atoms with Crippen LogP contribution in [0.5, 0.6) is 11.5 Å². The van der Waals surface area contributed by atoms with Crippen LogP contribution in [0.15, 0.2) is 17.5 Å². The molecule has 24 heavy (non-hydrogen) atoms. The number of ether oxygens (including phenoxy) is 2. The van der Waals surface area contributed by atoms with Crippen molar-refractivity contribution in [1.82, 2.24) is 9.88 Å². The largest absolute Gasteiger partial charge is 0.497 e. The van der Waals surface area contributed by atoms with Crippen LogP contribution in [0.2, 0.25) is 0 Å². The van der Waals surface area contributed by atoms with Crippen LogP contribution >= 0.6 is 11.3 Å². The van der Waals surface area contributed by atoms with Crippen LogP contribution < -0.4 is 9.47 Å². The van der Waals surface area contributed by atoms with Crippen molar-refractivity contribution in [1.29, 1.82) is 5.26 Å². The molecule has 1 unspecified atom stereocenters. The first-order valence-electron chi connectivity index (χ1n) is 7.46. The SMILES string of the molecule is COc1cc(OC)c2c(c1)C(=O)N(CCc1nc(C)cs1)C2C#N. The molecule has 1 aliphatic rings. The van der Waals surface area contributed by atoms with E-state index in [1.165, 1.54) is 14.2 Å². The summed E-state index contributed by atoms with van der Waals surface area (Å²) >= 11 is 1.56. The molecule has 1 aromatic carbocycles. The first-order valence-corrected chi connectivity index (χ1v) is 8.34. The van der Waals surface area contributed by atoms with E-state index in [4.69, 9.17) is 9.47 Å². The predicted molar refractivity (Wildman–Crippen MR) is 89.5 cm³/mol. The average molecular weight is 343 g/mol. The number of methoxy groups -OCH3 is 2. The predicted octanol–water partition coefficient (Wildman–Crippen LogP) is 2.73. The lowest BCUT2D eigenvalue weighted by molar-refractivity contribution is 0.0759. The summed E-state index contributed by atoms with van der Waals surface area (Å²) in [5.74, 6) is 0.854. The maximum absolute atomic E-state index is 12.8. The highest BCUT2D eigenvalue weighted by molar-refractivity contribution is 7.09. The van der Waals surface area contributed by atoms with Gasteiger partial charge in [-0.1, -0.05) is 0 Å². The summed E-state index contributed by atoms with van der Waals surface area (Å²) in [6, 6.07) is 4.93. The van der Waals surface area contributed by atoms with Crippen LogP contribution in [0.3, 0.4) is 0 Å². The number of rotatable bonds is 5. The molecular weight excluding hydrogens is 326 g/mol. The third-order valence-electron chi connectivity index (χ3n) is 4.00. The van der Waals surface area contributed by atoms with Crippen molar-refractivity contribution < 1.29 is 14.3 Å². The third kappa shape index (κ3) is 2.69. The molecule has 0 N–H and O–H groups in total. The van der Waals surface area contributed by atoms with E-state index >= 15 is 0 Å². The van der Waals surface area contributed by atoms with Crippen molar-refractivity contribution >= 4 is 17.2 Å². The summed E-state index contributed by atoms with van der Waals surface area (Å²) in [5.41, 5.74) is 2.04. The normalized spacial score (nSPS) is 16.0. The van der Waals surface area contributed by atoms with E-state index < -0.39 is 6.04 Å². The Hall–Kier alpha value is -2.59. The summed E-state index contributed by atoms with van der Waals surface area (Å²) < 4.78 is 10.6. The molecule has 124 valence electrons. The van der Waals surface area contributed by atoms with E-state index in [1.54, 1.807) is 28.4 Å². The van der Waals surface area contributed by atoms with Crippen molar-refractivity contribution in [3.05, 3.63) is 39.3 Å². The Kier molecular flexibility index (Phi) is 4.40. The number of carbonyl (C=O) groups is 1. The quantitative estimate of drug-likeness (QED) is 0.834. The second kappa shape index (κ2) is 6.49. The molecule has 7 heteroatoms. The van der Waals surface area contributed by atoms with E-state index in [2.05, 4.69) is 11.1 Å². The lowest BCUT2D eigenvalue weighted by Crippen LogP contribution is -2.29. The molecule has 2 aromatic rings. The van der Waals surface area contributed by atoms with Gasteiger partial charge in [0.05, 0.1) is 30.9 Å². The number of aromatic nitrogens is 1. The van der Waals surface area contributed by atoms with Gasteiger partial charge < -0.3 is 14.4 Å². The second-order valence-electron chi connectivity index (χ2n) is 5.45. The summed E-state index contributed by atoms with van der Waals surface area (Å²) in [6.45, 7) is 2.37. The number of nitrogens with zero attached hydrogens (tertiary/aromatic N) is 3. The molecule has 3 rings (SSSR count). The van der Waals surface area contributed by atoms with Gasteiger partial charge >= 0.3 is 0 Å². The van der Waals surface area contributed by atoms with Crippen molar-refractivity contribution in [3.8, 4) is 17.6 Å². The van der Waals surface area contributed by atoms with Gasteiger partial charge in [-0.05, 0) is 13.0 Å². The van der Waals surface area contributed by atoms with E-state index in [9.17, 15) is 10.1 Å². The number of aryl methyl sites for hydroxylation is 1. The van der Waals surface area contributed by atoms with Gasteiger partial charge in [0, 0.05) is 35.7 Å². The van der Waals surface area contributed by atoms with Gasteiger partial charge in [-0.3, -0.25) is 4.79 Å². The van der Waals surface area contributed by atoms with Crippen LogP contribution in [0, 0.1) is 18.3 Å². The van der Waals surface area contributed by atoms with Crippen molar-refractivity contribution in [3.63, 3.8) is 0 Å². The lowest BCUT2D eigenvalue weighted by atomic mass is 10.0. The van der Waals surface area contributed by atoms with Crippen LogP contribution in [0.4, 0.5) is 0 Å². The van der Waals surface area contributed by atoms with Gasteiger partial charge in [-0.15, -0.1) is 11.3 Å². The zero-order valence-corrected chi connectivity index (χ0v) is 14.5. The Morgan fingerprint density at radius 1 is 1.38 bits per heavy atom. The first-order chi connectivity index (χ1) is 11.6. The van der Waals surface area contributed by atoms with Gasteiger partial charge in [0.1, 0.15) is 17.5 Å². The molecule has 2 heterocycles. The number of fused-ring (bicyclic) bond motifs is 1. The molecule has 0 saturated heterocycles. The monoisotopic (exact) mass is 343 g/mol. The number of hydrogen-bond acceptors (Lipinski definition) is 6. The molecule has 1 aliphatic heterocycles. The van der Waals surface area contributed by atoms with Crippen molar-refractivity contribution in [2.45, 2.75) is 19.4 Å². The van der Waals surface area contributed by atoms with E-state index in [0.717, 1.165) is 10.7 Å². The molecule has 0 radical (unpaired) electrons. The highest BCUT2D eigenvalue weighted by atomic mass is 32.1. The van der Waals surface area contributed by atoms with Gasteiger partial charge in [0.2, 0.25) is 0 Å². The third-order valence-corrected chi connectivity index (χ3v) is 5.03. The molecule has 1 atom stereocenters. The maximum Gasteiger partial charge on any atom is 0.255 e. The highest BCUT2D eigenvalue weighted by Gasteiger charge is 2.39. The molecular formula is C17H17N3O3S. The molecule has 0 aliphatic carbocycles. The van der Waals surface area contributed by atoms with Crippen LogP contribution in [-0.4, -0.2) is 36.6 Å². The standard InChI is InChI=1S/C17H17N3O3S/c1-10-9-24-15(19-10)4-5-20-13(8-18)16-12(17(20)21)6-11(22-2)7-14(16)23-3/h6-7,9,13H,4-5H2,1-3H3. The second-order valence-corrected chi connectivity index (χ2v) is 6.40. The van der Waals surface area contributed by atoms with E-state index in [0.29, 0.717) is 35.6 Å².